The van der Waals surface area contributed by atoms with Gasteiger partial charge in [-0.05, 0) is 57.4 Å². The topological polar surface area (TPSA) is 151 Å². The molecule has 3 rings (SSSR count). The van der Waals surface area contributed by atoms with Gasteiger partial charge < -0.3 is 19.6 Å². The highest BCUT2D eigenvalue weighted by Gasteiger charge is 2.21. The summed E-state index contributed by atoms with van der Waals surface area (Å²) in [6.45, 7) is 0.253. The number of benzene rings is 2. The third-order valence-corrected chi connectivity index (χ3v) is 4.82. The summed E-state index contributed by atoms with van der Waals surface area (Å²) in [5, 5.41) is 29.3. The average Bonchev–Trinajstić information content (AvgIpc) is 2.76. The van der Waals surface area contributed by atoms with Crippen molar-refractivity contribution in [2.45, 2.75) is 6.61 Å². The first-order valence-corrected chi connectivity index (χ1v) is 9.76. The van der Waals surface area contributed by atoms with Gasteiger partial charge in [0, 0.05) is 0 Å². The molecule has 3 aromatic rings. The van der Waals surface area contributed by atoms with E-state index in [1.54, 1.807) is 42.5 Å². The van der Waals surface area contributed by atoms with Crippen molar-refractivity contribution >= 4 is 33.8 Å². The molecule has 0 spiro atoms. The van der Waals surface area contributed by atoms with Crippen LogP contribution in [0.4, 0.5) is 5.69 Å². The summed E-state index contributed by atoms with van der Waals surface area (Å²) in [6.07, 6.45) is 2.95. The van der Waals surface area contributed by atoms with E-state index in [4.69, 9.17) is 14.7 Å². The lowest BCUT2D eigenvalue weighted by Crippen LogP contribution is -2.14. The standard InChI is InChI=1S/C21H15BrN4O6/c1-31-16-9-14(6-7-17-24-20(27)18(26(29)30)21(28)25-17)8-15(22)19(16)32-11-13-4-2-12(10-23)3-5-13/h2-9H,11H2,1H3,(H2,24,25,27,28)/b7-6-. The van der Waals surface area contributed by atoms with Gasteiger partial charge >= 0.3 is 11.2 Å². The predicted molar refractivity (Wildman–Crippen MR) is 118 cm³/mol. The number of methoxy groups -OCH3 is 1. The molecule has 0 saturated heterocycles. The number of halogens is 1. The Kier molecular flexibility index (Phi) is 6.87. The number of hydrogen-bond acceptors (Lipinski definition) is 8. The third kappa shape index (κ3) is 5.11. The summed E-state index contributed by atoms with van der Waals surface area (Å²) < 4.78 is 11.9. The Morgan fingerprint density at radius 2 is 2.03 bits per heavy atom. The second-order valence-corrected chi connectivity index (χ2v) is 7.20. The van der Waals surface area contributed by atoms with E-state index in [2.05, 4.69) is 32.0 Å². The number of rotatable bonds is 7. The number of nitro groups is 1. The molecule has 32 heavy (non-hydrogen) atoms. The summed E-state index contributed by atoms with van der Waals surface area (Å²) in [4.78, 5) is 27.3. The molecular formula is C21H15BrN4O6. The number of H-pyrrole nitrogens is 1. The number of aromatic amines is 1. The minimum Gasteiger partial charge on any atom is -0.493 e. The van der Waals surface area contributed by atoms with Crippen molar-refractivity contribution in [2.24, 2.45) is 0 Å². The van der Waals surface area contributed by atoms with Crippen LogP contribution in [0.25, 0.3) is 12.2 Å². The average molecular weight is 499 g/mol. The maximum atomic E-state index is 11.7. The molecule has 0 amide bonds. The van der Waals surface area contributed by atoms with E-state index in [1.807, 2.05) is 0 Å². The largest absolute Gasteiger partial charge is 0.493 e. The molecule has 0 saturated carbocycles. The molecule has 0 radical (unpaired) electrons. The molecule has 0 bridgehead atoms. The second-order valence-electron chi connectivity index (χ2n) is 6.35. The van der Waals surface area contributed by atoms with Crippen molar-refractivity contribution in [1.29, 1.82) is 5.26 Å². The fraction of sp³-hybridized carbons (Fsp3) is 0.0952. The monoisotopic (exact) mass is 498 g/mol. The van der Waals surface area contributed by atoms with Gasteiger partial charge in [-0.25, -0.2) is 0 Å². The van der Waals surface area contributed by atoms with Crippen LogP contribution in [0.15, 0.2) is 45.7 Å². The van der Waals surface area contributed by atoms with Crippen molar-refractivity contribution in [3.63, 3.8) is 0 Å². The lowest BCUT2D eigenvalue weighted by molar-refractivity contribution is -0.387. The number of hydrogen-bond donors (Lipinski definition) is 2. The highest BCUT2D eigenvalue weighted by atomic mass is 79.9. The number of nitrogens with zero attached hydrogens (tertiary/aromatic N) is 3. The fourth-order valence-corrected chi connectivity index (χ4v) is 3.27. The Balaban J connectivity index is 1.82. The van der Waals surface area contributed by atoms with Gasteiger partial charge in [-0.15, -0.1) is 0 Å². The van der Waals surface area contributed by atoms with E-state index < -0.39 is 22.0 Å². The van der Waals surface area contributed by atoms with Gasteiger partial charge in [0.2, 0.25) is 0 Å². The molecule has 0 fully saturated rings. The first kappa shape index (κ1) is 22.5. The second kappa shape index (κ2) is 9.76. The molecule has 1 aromatic heterocycles. The molecule has 0 aliphatic heterocycles. The molecular weight excluding hydrogens is 484 g/mol. The summed E-state index contributed by atoms with van der Waals surface area (Å²) in [5.41, 5.74) is -0.0153. The highest BCUT2D eigenvalue weighted by Crippen LogP contribution is 2.37. The van der Waals surface area contributed by atoms with Gasteiger partial charge in [0.25, 0.3) is 5.88 Å². The molecule has 11 heteroatoms. The van der Waals surface area contributed by atoms with Crippen molar-refractivity contribution < 1.29 is 19.5 Å². The SMILES string of the molecule is COc1cc(/C=C\c2nc(O)c([N+](=O)[O-])c(=O)[nH]2)cc(Br)c1OCc1ccc(C#N)cc1. The van der Waals surface area contributed by atoms with Crippen LogP contribution in [0, 0.1) is 21.4 Å². The van der Waals surface area contributed by atoms with Crippen LogP contribution in [0.2, 0.25) is 0 Å². The fourth-order valence-electron chi connectivity index (χ4n) is 2.70. The Bertz CT molecular complexity index is 1300. The van der Waals surface area contributed by atoms with E-state index in [0.29, 0.717) is 27.1 Å². The molecule has 162 valence electrons. The Morgan fingerprint density at radius 1 is 1.31 bits per heavy atom. The van der Waals surface area contributed by atoms with Gasteiger partial charge in [0.15, 0.2) is 11.5 Å². The van der Waals surface area contributed by atoms with E-state index in [0.717, 1.165) is 5.56 Å². The zero-order valence-electron chi connectivity index (χ0n) is 16.5. The molecule has 2 N–H and O–H groups in total. The van der Waals surface area contributed by atoms with Crippen LogP contribution < -0.4 is 15.0 Å². The lowest BCUT2D eigenvalue weighted by Gasteiger charge is -2.13. The first-order chi connectivity index (χ1) is 15.3. The summed E-state index contributed by atoms with van der Waals surface area (Å²) in [7, 11) is 1.48. The van der Waals surface area contributed by atoms with E-state index in [-0.39, 0.29) is 12.4 Å². The van der Waals surface area contributed by atoms with Crippen molar-refractivity contribution in [2.75, 3.05) is 7.11 Å². The highest BCUT2D eigenvalue weighted by molar-refractivity contribution is 9.10. The van der Waals surface area contributed by atoms with Crippen LogP contribution in [-0.2, 0) is 6.61 Å². The van der Waals surface area contributed by atoms with Crippen LogP contribution in [0.3, 0.4) is 0 Å². The summed E-state index contributed by atoms with van der Waals surface area (Å²) in [5.74, 6) is -0.132. The van der Waals surface area contributed by atoms with Crippen molar-refractivity contribution in [3.05, 3.63) is 83.9 Å². The zero-order chi connectivity index (χ0) is 23.3. The van der Waals surface area contributed by atoms with Gasteiger partial charge in [-0.3, -0.25) is 14.9 Å². The summed E-state index contributed by atoms with van der Waals surface area (Å²) in [6, 6.07) is 12.5. The Labute approximate surface area is 189 Å². The number of nitriles is 1. The van der Waals surface area contributed by atoms with Crippen LogP contribution in [0.1, 0.15) is 22.5 Å². The minimum absolute atomic E-state index is 0.0608. The predicted octanol–water partition coefficient (Wildman–Crippen LogP) is 3.78. The molecule has 0 aliphatic carbocycles. The van der Waals surface area contributed by atoms with E-state index >= 15 is 0 Å². The van der Waals surface area contributed by atoms with Crippen LogP contribution >= 0.6 is 15.9 Å². The number of nitrogens with one attached hydrogen (secondary N) is 1. The van der Waals surface area contributed by atoms with Crippen molar-refractivity contribution in [3.8, 4) is 23.4 Å². The van der Waals surface area contributed by atoms with Gasteiger partial charge in [0.1, 0.15) is 12.4 Å². The van der Waals surface area contributed by atoms with E-state index in [1.165, 1.54) is 13.2 Å². The minimum atomic E-state index is -1.06. The Morgan fingerprint density at radius 3 is 2.62 bits per heavy atom. The Hall–Kier alpha value is -4.17. The molecule has 2 aromatic carbocycles. The summed E-state index contributed by atoms with van der Waals surface area (Å²) >= 11 is 3.44. The first-order valence-electron chi connectivity index (χ1n) is 8.97. The zero-order valence-corrected chi connectivity index (χ0v) is 18.1. The normalized spacial score (nSPS) is 10.7. The molecule has 0 unspecified atom stereocenters. The molecule has 1 heterocycles. The maximum Gasteiger partial charge on any atom is 0.395 e. The number of aromatic hydroxyl groups is 1. The third-order valence-electron chi connectivity index (χ3n) is 4.23. The van der Waals surface area contributed by atoms with Gasteiger partial charge in [-0.1, -0.05) is 18.2 Å². The smallest absolute Gasteiger partial charge is 0.395 e. The lowest BCUT2D eigenvalue weighted by atomic mass is 10.1. The van der Waals surface area contributed by atoms with E-state index in [9.17, 15) is 20.0 Å². The maximum absolute atomic E-state index is 11.7. The van der Waals surface area contributed by atoms with Crippen LogP contribution in [0.5, 0.6) is 17.4 Å². The van der Waals surface area contributed by atoms with Crippen LogP contribution in [-0.4, -0.2) is 27.1 Å². The van der Waals surface area contributed by atoms with Gasteiger partial charge in [0.05, 0.1) is 28.1 Å². The number of aromatic nitrogens is 2. The number of ether oxygens (including phenoxy) is 2. The van der Waals surface area contributed by atoms with Gasteiger partial charge in [-0.2, -0.15) is 10.2 Å². The van der Waals surface area contributed by atoms with Crippen molar-refractivity contribution in [1.82, 2.24) is 9.97 Å². The molecule has 0 atom stereocenters. The molecule has 10 nitrogen and oxygen atoms in total. The molecule has 0 aliphatic rings. The quantitative estimate of drug-likeness (QED) is 0.368.